The van der Waals surface area contributed by atoms with Gasteiger partial charge in [0.15, 0.2) is 0 Å². The lowest BCUT2D eigenvalue weighted by atomic mass is 10.3. The molecule has 11 heavy (non-hydrogen) atoms. The van der Waals surface area contributed by atoms with Crippen LogP contribution in [0, 0.1) is 0 Å². The summed E-state index contributed by atoms with van der Waals surface area (Å²) in [5.41, 5.74) is 1.18. The maximum Gasteiger partial charge on any atom is 0.117 e. The Hall–Kier alpha value is -0.690. The maximum atomic E-state index is 5.94. The third-order valence-electron chi connectivity index (χ3n) is 1.55. The van der Waals surface area contributed by atoms with Crippen LogP contribution in [0.15, 0.2) is 35.6 Å². The Morgan fingerprint density at radius 1 is 1.45 bits per heavy atom. The van der Waals surface area contributed by atoms with Crippen molar-refractivity contribution in [1.82, 2.24) is 0 Å². The van der Waals surface area contributed by atoms with Crippen molar-refractivity contribution < 1.29 is 4.74 Å². The van der Waals surface area contributed by atoms with Crippen LogP contribution in [0.3, 0.4) is 0 Å². The number of alkyl halides is 1. The topological polar surface area (TPSA) is 9.23 Å². The molecule has 0 radical (unpaired) electrons. The molecule has 0 amide bonds. The first-order valence-corrected chi connectivity index (χ1v) is 3.92. The predicted octanol–water partition coefficient (Wildman–Crippen LogP) is 2.64. The maximum absolute atomic E-state index is 5.94. The molecule has 0 fully saturated rings. The molecule has 0 aliphatic heterocycles. The van der Waals surface area contributed by atoms with Gasteiger partial charge in [-0.3, -0.25) is 0 Å². The number of methoxy groups -OCH3 is 1. The highest BCUT2D eigenvalue weighted by Gasteiger charge is 2.08. The van der Waals surface area contributed by atoms with Gasteiger partial charge in [-0.2, -0.15) is 0 Å². The second-order valence-electron chi connectivity index (χ2n) is 2.44. The largest absolute Gasteiger partial charge is 0.499 e. The second kappa shape index (κ2) is 3.63. The fraction of sp³-hybridized carbons (Fsp3) is 0.333. The lowest BCUT2D eigenvalue weighted by Gasteiger charge is -2.05. The fourth-order valence-electron chi connectivity index (χ4n) is 0.873. The van der Waals surface area contributed by atoms with Gasteiger partial charge in [-0.15, -0.1) is 11.6 Å². The number of ether oxygens (including phenoxy) is 1. The molecule has 0 saturated heterocycles. The highest BCUT2D eigenvalue weighted by molar-refractivity contribution is 6.23. The van der Waals surface area contributed by atoms with Gasteiger partial charge in [-0.25, -0.2) is 0 Å². The van der Waals surface area contributed by atoms with Gasteiger partial charge in [0.1, 0.15) is 11.1 Å². The second-order valence-corrected chi connectivity index (χ2v) is 2.91. The van der Waals surface area contributed by atoms with E-state index in [1.807, 2.05) is 31.2 Å². The average Bonchev–Trinajstić information content (AvgIpc) is 2.15. The summed E-state index contributed by atoms with van der Waals surface area (Å²) < 4.78 is 5.07. The molecule has 1 aliphatic rings. The van der Waals surface area contributed by atoms with E-state index in [9.17, 15) is 0 Å². The van der Waals surface area contributed by atoms with Crippen LogP contribution in [-0.2, 0) is 4.74 Å². The molecule has 1 nitrogen and oxygen atoms in total. The minimum absolute atomic E-state index is 0.131. The summed E-state index contributed by atoms with van der Waals surface area (Å²) in [4.78, 5) is 0. The number of hydrogen-bond acceptors (Lipinski definition) is 1. The van der Waals surface area contributed by atoms with Gasteiger partial charge in [0.2, 0.25) is 0 Å². The van der Waals surface area contributed by atoms with Crippen LogP contribution in [0.1, 0.15) is 6.92 Å². The Bertz CT molecular complexity index is 226. The van der Waals surface area contributed by atoms with Crippen LogP contribution < -0.4 is 0 Å². The summed E-state index contributed by atoms with van der Waals surface area (Å²) in [5.74, 6) is 0.791. The Kier molecular flexibility index (Phi) is 2.77. The number of allylic oxidation sites excluding steroid dienone is 5. The van der Waals surface area contributed by atoms with Crippen molar-refractivity contribution in [2.24, 2.45) is 0 Å². The van der Waals surface area contributed by atoms with Gasteiger partial charge in [0, 0.05) is 0 Å². The zero-order valence-corrected chi connectivity index (χ0v) is 7.43. The molecule has 0 spiro atoms. The number of rotatable bonds is 1. The van der Waals surface area contributed by atoms with Crippen LogP contribution in [-0.4, -0.2) is 12.5 Å². The SMILES string of the molecule is COC1=CC=C(C)C=CC1Cl. The first kappa shape index (κ1) is 8.41. The first-order chi connectivity index (χ1) is 5.24. The van der Waals surface area contributed by atoms with E-state index in [1.54, 1.807) is 7.11 Å². The molecule has 0 aromatic rings. The zero-order chi connectivity index (χ0) is 8.27. The summed E-state index contributed by atoms with van der Waals surface area (Å²) >= 11 is 5.94. The molecule has 1 unspecified atom stereocenters. The van der Waals surface area contributed by atoms with Crippen LogP contribution in [0.4, 0.5) is 0 Å². The Balaban J connectivity index is 2.86. The molecule has 1 rings (SSSR count). The van der Waals surface area contributed by atoms with Crippen molar-refractivity contribution >= 4 is 11.6 Å². The van der Waals surface area contributed by atoms with Gasteiger partial charge in [0.25, 0.3) is 0 Å². The molecule has 0 heterocycles. The van der Waals surface area contributed by atoms with E-state index in [-0.39, 0.29) is 5.38 Å². The lowest BCUT2D eigenvalue weighted by Crippen LogP contribution is -1.99. The van der Waals surface area contributed by atoms with E-state index >= 15 is 0 Å². The smallest absolute Gasteiger partial charge is 0.117 e. The quantitative estimate of drug-likeness (QED) is 0.550. The summed E-state index contributed by atoms with van der Waals surface area (Å²) in [6, 6.07) is 0. The highest BCUT2D eigenvalue weighted by Crippen LogP contribution is 2.16. The minimum atomic E-state index is -0.131. The van der Waals surface area contributed by atoms with Crippen LogP contribution in [0.5, 0.6) is 0 Å². The molecule has 0 bridgehead atoms. The Labute approximate surface area is 72.0 Å². The van der Waals surface area contributed by atoms with E-state index in [0.717, 1.165) is 5.76 Å². The summed E-state index contributed by atoms with van der Waals surface area (Å²) in [6.45, 7) is 2.02. The van der Waals surface area contributed by atoms with Crippen molar-refractivity contribution in [3.63, 3.8) is 0 Å². The third kappa shape index (κ3) is 2.12. The van der Waals surface area contributed by atoms with E-state index < -0.39 is 0 Å². The zero-order valence-electron chi connectivity index (χ0n) is 6.67. The van der Waals surface area contributed by atoms with Gasteiger partial charge < -0.3 is 4.74 Å². The molecule has 0 aromatic carbocycles. The summed E-state index contributed by atoms with van der Waals surface area (Å²) in [7, 11) is 1.63. The van der Waals surface area contributed by atoms with Crippen molar-refractivity contribution in [3.8, 4) is 0 Å². The van der Waals surface area contributed by atoms with Crippen molar-refractivity contribution in [1.29, 1.82) is 0 Å². The lowest BCUT2D eigenvalue weighted by molar-refractivity contribution is 0.286. The molecular formula is C9H11ClO. The standard InChI is InChI=1S/C9H11ClO/c1-7-3-5-8(10)9(11-2)6-4-7/h3-6,8H,1-2H3. The Morgan fingerprint density at radius 2 is 2.18 bits per heavy atom. The Morgan fingerprint density at radius 3 is 2.82 bits per heavy atom. The fourth-order valence-corrected chi connectivity index (χ4v) is 1.11. The molecule has 1 atom stereocenters. The molecular weight excluding hydrogens is 160 g/mol. The highest BCUT2D eigenvalue weighted by atomic mass is 35.5. The van der Waals surface area contributed by atoms with E-state index in [0.29, 0.717) is 0 Å². The molecule has 0 N–H and O–H groups in total. The molecule has 0 aromatic heterocycles. The average molecular weight is 171 g/mol. The van der Waals surface area contributed by atoms with Crippen molar-refractivity contribution in [3.05, 3.63) is 35.6 Å². The summed E-state index contributed by atoms with van der Waals surface area (Å²) in [5, 5.41) is -0.131. The van der Waals surface area contributed by atoms with E-state index in [2.05, 4.69) is 0 Å². The first-order valence-electron chi connectivity index (χ1n) is 3.49. The molecule has 2 heteroatoms. The van der Waals surface area contributed by atoms with Gasteiger partial charge in [-0.1, -0.05) is 23.8 Å². The summed E-state index contributed by atoms with van der Waals surface area (Å²) in [6.07, 6.45) is 7.78. The van der Waals surface area contributed by atoms with E-state index in [1.165, 1.54) is 5.57 Å². The van der Waals surface area contributed by atoms with Crippen molar-refractivity contribution in [2.75, 3.05) is 7.11 Å². The van der Waals surface area contributed by atoms with Gasteiger partial charge in [-0.05, 0) is 13.0 Å². The predicted molar refractivity (Wildman–Crippen MR) is 47.6 cm³/mol. The molecule has 0 saturated carbocycles. The van der Waals surface area contributed by atoms with E-state index in [4.69, 9.17) is 16.3 Å². The van der Waals surface area contributed by atoms with Crippen molar-refractivity contribution in [2.45, 2.75) is 12.3 Å². The van der Waals surface area contributed by atoms with Crippen LogP contribution in [0.25, 0.3) is 0 Å². The monoisotopic (exact) mass is 170 g/mol. The van der Waals surface area contributed by atoms with Gasteiger partial charge >= 0.3 is 0 Å². The van der Waals surface area contributed by atoms with Crippen LogP contribution in [0.2, 0.25) is 0 Å². The van der Waals surface area contributed by atoms with Gasteiger partial charge in [0.05, 0.1) is 7.11 Å². The molecule has 60 valence electrons. The number of hydrogen-bond donors (Lipinski definition) is 0. The molecule has 1 aliphatic carbocycles. The third-order valence-corrected chi connectivity index (χ3v) is 1.91. The van der Waals surface area contributed by atoms with Crippen LogP contribution >= 0.6 is 11.6 Å². The number of halogens is 1. The normalized spacial score (nSPS) is 23.7. The minimum Gasteiger partial charge on any atom is -0.499 e.